The van der Waals surface area contributed by atoms with Crippen molar-refractivity contribution < 1.29 is 19.2 Å². The summed E-state index contributed by atoms with van der Waals surface area (Å²) in [4.78, 5) is 51.8. The molecule has 29 heavy (non-hydrogen) atoms. The van der Waals surface area contributed by atoms with Gasteiger partial charge in [0.15, 0.2) is 0 Å². The molecule has 1 aliphatic rings. The number of rotatable bonds is 6. The molecule has 0 spiro atoms. The van der Waals surface area contributed by atoms with Gasteiger partial charge in [0, 0.05) is 6.04 Å². The minimum Gasteiger partial charge on any atom is -0.350 e. The molecule has 0 saturated carbocycles. The van der Waals surface area contributed by atoms with Crippen molar-refractivity contribution in [3.63, 3.8) is 0 Å². The summed E-state index contributed by atoms with van der Waals surface area (Å²) >= 11 is 0. The van der Waals surface area contributed by atoms with E-state index in [1.54, 1.807) is 55.5 Å². The molecule has 0 unspecified atom stereocenters. The third-order valence-corrected chi connectivity index (χ3v) is 4.68. The summed E-state index contributed by atoms with van der Waals surface area (Å²) in [6.07, 6.45) is 0.248. The highest BCUT2D eigenvalue weighted by Gasteiger charge is 2.42. The Bertz CT molecular complexity index is 949. The average Bonchev–Trinajstić information content (AvgIpc) is 2.94. The SMILES string of the molecule is CC[C@@H](C(=O)Nc1ccccc1C(=O)NC(C)C)N1C(=O)c2ccccc2C1=O. The molecule has 1 aliphatic heterocycles. The standard InChI is InChI=1S/C22H23N3O4/c1-4-18(25-21(28)14-9-5-6-10-15(14)22(25)29)20(27)24-17-12-8-7-11-16(17)19(26)23-13(2)3/h5-13,18H,4H2,1-3H3,(H,23,26)(H,24,27)/t18-/m0/s1. The molecule has 2 aromatic carbocycles. The summed E-state index contributed by atoms with van der Waals surface area (Å²) in [6, 6.07) is 12.1. The second kappa shape index (κ2) is 8.26. The summed E-state index contributed by atoms with van der Waals surface area (Å²) in [7, 11) is 0. The van der Waals surface area contributed by atoms with E-state index in [9.17, 15) is 19.2 Å². The van der Waals surface area contributed by atoms with Crippen molar-refractivity contribution >= 4 is 29.3 Å². The van der Waals surface area contributed by atoms with E-state index in [4.69, 9.17) is 0 Å². The number of carbonyl (C=O) groups is 4. The predicted molar refractivity (Wildman–Crippen MR) is 109 cm³/mol. The van der Waals surface area contributed by atoms with Crippen LogP contribution in [0.1, 0.15) is 58.3 Å². The van der Waals surface area contributed by atoms with E-state index in [-0.39, 0.29) is 18.4 Å². The number of para-hydroxylation sites is 1. The molecule has 4 amide bonds. The Morgan fingerprint density at radius 2 is 1.48 bits per heavy atom. The molecule has 7 heteroatoms. The van der Waals surface area contributed by atoms with Crippen molar-refractivity contribution in [1.82, 2.24) is 10.2 Å². The number of nitrogens with zero attached hydrogens (tertiary/aromatic N) is 1. The third kappa shape index (κ3) is 3.89. The molecule has 0 bridgehead atoms. The Hall–Kier alpha value is -3.48. The molecule has 0 radical (unpaired) electrons. The van der Waals surface area contributed by atoms with Crippen LogP contribution in [0.4, 0.5) is 5.69 Å². The second-order valence-corrected chi connectivity index (χ2v) is 7.11. The number of imide groups is 1. The van der Waals surface area contributed by atoms with Crippen LogP contribution in [0.5, 0.6) is 0 Å². The number of benzene rings is 2. The minimum atomic E-state index is -0.983. The Morgan fingerprint density at radius 1 is 0.931 bits per heavy atom. The normalized spacial score (nSPS) is 14.0. The molecule has 7 nitrogen and oxygen atoms in total. The first-order chi connectivity index (χ1) is 13.8. The van der Waals surface area contributed by atoms with Gasteiger partial charge in [-0.25, -0.2) is 0 Å². The van der Waals surface area contributed by atoms with Crippen LogP contribution in [0.3, 0.4) is 0 Å². The fraction of sp³-hybridized carbons (Fsp3) is 0.273. The van der Waals surface area contributed by atoms with Gasteiger partial charge in [0.05, 0.1) is 22.4 Å². The fourth-order valence-corrected chi connectivity index (χ4v) is 3.32. The minimum absolute atomic E-state index is 0.0620. The van der Waals surface area contributed by atoms with Crippen LogP contribution in [0.15, 0.2) is 48.5 Å². The summed E-state index contributed by atoms with van der Waals surface area (Å²) in [6.45, 7) is 5.41. The first-order valence-corrected chi connectivity index (χ1v) is 9.52. The molecular formula is C22H23N3O4. The first kappa shape index (κ1) is 20.3. The van der Waals surface area contributed by atoms with Crippen LogP contribution in [-0.2, 0) is 4.79 Å². The Kier molecular flexibility index (Phi) is 5.77. The van der Waals surface area contributed by atoms with Gasteiger partial charge in [0.2, 0.25) is 5.91 Å². The first-order valence-electron chi connectivity index (χ1n) is 9.52. The molecule has 2 N–H and O–H groups in total. The number of hydrogen-bond acceptors (Lipinski definition) is 4. The molecule has 0 aromatic heterocycles. The molecular weight excluding hydrogens is 370 g/mol. The summed E-state index contributed by atoms with van der Waals surface area (Å²) in [5, 5.41) is 5.50. The van der Waals surface area contributed by atoms with Gasteiger partial charge < -0.3 is 10.6 Å². The predicted octanol–water partition coefficient (Wildman–Crippen LogP) is 2.84. The van der Waals surface area contributed by atoms with Crippen molar-refractivity contribution in [3.05, 3.63) is 65.2 Å². The molecule has 0 saturated heterocycles. The molecule has 3 rings (SSSR count). The van der Waals surface area contributed by atoms with Crippen molar-refractivity contribution in [2.24, 2.45) is 0 Å². The van der Waals surface area contributed by atoms with Gasteiger partial charge in [-0.2, -0.15) is 0 Å². The van der Waals surface area contributed by atoms with Gasteiger partial charge in [-0.15, -0.1) is 0 Å². The van der Waals surface area contributed by atoms with Crippen molar-refractivity contribution in [2.75, 3.05) is 5.32 Å². The Balaban J connectivity index is 1.85. The van der Waals surface area contributed by atoms with E-state index in [1.807, 2.05) is 13.8 Å². The quantitative estimate of drug-likeness (QED) is 0.738. The summed E-state index contributed by atoms with van der Waals surface area (Å²) in [5.74, 6) is -1.81. The lowest BCUT2D eigenvalue weighted by Gasteiger charge is -2.24. The second-order valence-electron chi connectivity index (χ2n) is 7.11. The number of nitrogens with one attached hydrogen (secondary N) is 2. The lowest BCUT2D eigenvalue weighted by atomic mass is 10.1. The van der Waals surface area contributed by atoms with Crippen molar-refractivity contribution in [2.45, 2.75) is 39.3 Å². The average molecular weight is 393 g/mol. The number of amides is 4. The third-order valence-electron chi connectivity index (χ3n) is 4.68. The molecule has 0 aliphatic carbocycles. The van der Waals surface area contributed by atoms with E-state index in [0.717, 1.165) is 4.90 Å². The maximum atomic E-state index is 13.0. The van der Waals surface area contributed by atoms with Gasteiger partial charge in [-0.3, -0.25) is 24.1 Å². The topological polar surface area (TPSA) is 95.6 Å². The Labute approximate surface area is 169 Å². The Morgan fingerprint density at radius 3 is 2.03 bits per heavy atom. The van der Waals surface area contributed by atoms with Crippen LogP contribution in [0.2, 0.25) is 0 Å². The van der Waals surface area contributed by atoms with Crippen LogP contribution in [0.25, 0.3) is 0 Å². The zero-order valence-electron chi connectivity index (χ0n) is 16.6. The van der Waals surface area contributed by atoms with Gasteiger partial charge in [-0.05, 0) is 44.5 Å². The van der Waals surface area contributed by atoms with E-state index in [2.05, 4.69) is 10.6 Å². The maximum absolute atomic E-state index is 13.0. The van der Waals surface area contributed by atoms with Gasteiger partial charge in [0.1, 0.15) is 6.04 Å². The van der Waals surface area contributed by atoms with E-state index in [1.165, 1.54) is 0 Å². The number of anilines is 1. The van der Waals surface area contributed by atoms with Crippen LogP contribution in [0, 0.1) is 0 Å². The summed E-state index contributed by atoms with van der Waals surface area (Å²) < 4.78 is 0. The lowest BCUT2D eigenvalue weighted by molar-refractivity contribution is -0.120. The zero-order valence-corrected chi connectivity index (χ0v) is 16.6. The van der Waals surface area contributed by atoms with Crippen LogP contribution in [-0.4, -0.2) is 40.6 Å². The van der Waals surface area contributed by atoms with Crippen LogP contribution < -0.4 is 10.6 Å². The van der Waals surface area contributed by atoms with Crippen molar-refractivity contribution in [1.29, 1.82) is 0 Å². The fourth-order valence-electron chi connectivity index (χ4n) is 3.32. The zero-order chi connectivity index (χ0) is 21.1. The largest absolute Gasteiger partial charge is 0.350 e. The molecule has 1 atom stereocenters. The van der Waals surface area contributed by atoms with Crippen molar-refractivity contribution in [3.8, 4) is 0 Å². The van der Waals surface area contributed by atoms with E-state index in [0.29, 0.717) is 22.4 Å². The van der Waals surface area contributed by atoms with E-state index >= 15 is 0 Å². The number of carbonyl (C=O) groups excluding carboxylic acids is 4. The maximum Gasteiger partial charge on any atom is 0.262 e. The van der Waals surface area contributed by atoms with Gasteiger partial charge in [0.25, 0.3) is 17.7 Å². The monoisotopic (exact) mass is 393 g/mol. The molecule has 1 heterocycles. The highest BCUT2D eigenvalue weighted by molar-refractivity contribution is 6.23. The molecule has 0 fully saturated rings. The smallest absolute Gasteiger partial charge is 0.262 e. The highest BCUT2D eigenvalue weighted by Crippen LogP contribution is 2.26. The highest BCUT2D eigenvalue weighted by atomic mass is 16.2. The van der Waals surface area contributed by atoms with Gasteiger partial charge >= 0.3 is 0 Å². The molecule has 150 valence electrons. The number of fused-ring (bicyclic) bond motifs is 1. The van der Waals surface area contributed by atoms with Gasteiger partial charge in [-0.1, -0.05) is 31.2 Å². The van der Waals surface area contributed by atoms with E-state index < -0.39 is 23.8 Å². The lowest BCUT2D eigenvalue weighted by Crippen LogP contribution is -2.47. The molecule has 2 aromatic rings. The number of hydrogen-bond donors (Lipinski definition) is 2. The van der Waals surface area contributed by atoms with Crippen LogP contribution >= 0.6 is 0 Å². The summed E-state index contributed by atoms with van der Waals surface area (Å²) in [5.41, 5.74) is 1.22.